The molecule has 0 aliphatic rings. The number of halogens is 2. The van der Waals surface area contributed by atoms with Crippen molar-refractivity contribution in [3.05, 3.63) is 75.6 Å². The van der Waals surface area contributed by atoms with Crippen LogP contribution in [0.2, 0.25) is 5.02 Å². The van der Waals surface area contributed by atoms with Gasteiger partial charge in [-0.05, 0) is 41.8 Å². The number of amides is 1. The fourth-order valence-corrected chi connectivity index (χ4v) is 3.47. The summed E-state index contributed by atoms with van der Waals surface area (Å²) in [5.74, 6) is 0.0103. The van der Waals surface area contributed by atoms with E-state index in [-0.39, 0.29) is 18.1 Å². The Morgan fingerprint density at radius 1 is 1.24 bits per heavy atom. The average molecular weight is 380 g/mol. The fourth-order valence-electron chi connectivity index (χ4n) is 2.52. The van der Waals surface area contributed by atoms with E-state index in [1.807, 2.05) is 29.6 Å². The van der Waals surface area contributed by atoms with Gasteiger partial charge in [-0.3, -0.25) is 4.79 Å². The fraction of sp³-hybridized carbons (Fsp3) is 0.167. The van der Waals surface area contributed by atoms with E-state index in [1.54, 1.807) is 17.6 Å². The second-order valence-electron chi connectivity index (χ2n) is 5.61. The molecule has 1 amide bonds. The highest BCUT2D eigenvalue weighted by Crippen LogP contribution is 2.19. The molecule has 0 spiro atoms. The zero-order valence-electron chi connectivity index (χ0n) is 13.3. The Hall–Kier alpha value is -2.15. The summed E-state index contributed by atoms with van der Waals surface area (Å²) in [6.07, 6.45) is 1.61. The van der Waals surface area contributed by atoms with Gasteiger partial charge in [-0.2, -0.15) is 0 Å². The van der Waals surface area contributed by atoms with Crippen LogP contribution in [0.4, 0.5) is 10.1 Å². The quantitative estimate of drug-likeness (QED) is 0.661. The van der Waals surface area contributed by atoms with E-state index in [4.69, 9.17) is 16.0 Å². The highest BCUT2D eigenvalue weighted by Gasteiger charge is 2.18. The monoisotopic (exact) mass is 379 g/mol. The zero-order chi connectivity index (χ0) is 17.6. The number of benzene rings is 1. The van der Waals surface area contributed by atoms with Crippen LogP contribution in [0.15, 0.2) is 58.5 Å². The Bertz CT molecular complexity index is 785. The van der Waals surface area contributed by atoms with Crippen LogP contribution >= 0.6 is 22.9 Å². The Morgan fingerprint density at radius 2 is 2.12 bits per heavy atom. The van der Waals surface area contributed by atoms with Gasteiger partial charge in [-0.1, -0.05) is 17.7 Å². The van der Waals surface area contributed by atoms with Gasteiger partial charge in [0, 0.05) is 5.02 Å². The topological polar surface area (TPSA) is 46.7 Å². The molecular weight excluding hydrogens is 363 g/mol. The zero-order valence-corrected chi connectivity index (χ0v) is 14.9. The molecule has 2 heterocycles. The highest BCUT2D eigenvalue weighted by atomic mass is 35.5. The van der Waals surface area contributed by atoms with E-state index in [0.29, 0.717) is 18.1 Å². The minimum Gasteiger partial charge on any atom is -0.463 e. The minimum atomic E-state index is -0.511. The number of hydrogen-bond donors (Lipinski definition) is 2. The molecule has 4 nitrogen and oxygen atoms in total. The molecule has 1 aromatic carbocycles. The third-order valence-electron chi connectivity index (χ3n) is 3.62. The summed E-state index contributed by atoms with van der Waals surface area (Å²) in [4.78, 5) is 14.5. The number of rotatable bonds is 7. The largest absolute Gasteiger partial charge is 0.463 e. The maximum atomic E-state index is 13.8. The molecule has 1 unspecified atom stereocenters. The van der Waals surface area contributed by atoms with Gasteiger partial charge in [0.15, 0.2) is 12.3 Å². The molecule has 1 atom stereocenters. The van der Waals surface area contributed by atoms with Crippen LogP contribution in [0.3, 0.4) is 0 Å². The molecule has 0 fully saturated rings. The molecule has 0 aliphatic heterocycles. The molecule has 0 bridgehead atoms. The predicted octanol–water partition coefficient (Wildman–Crippen LogP) is 3.36. The van der Waals surface area contributed by atoms with Gasteiger partial charge < -0.3 is 14.6 Å². The first-order valence-electron chi connectivity index (χ1n) is 7.73. The van der Waals surface area contributed by atoms with Crippen LogP contribution in [0.1, 0.15) is 10.6 Å². The first kappa shape index (κ1) is 17.7. The lowest BCUT2D eigenvalue weighted by molar-refractivity contribution is -0.920. The first-order chi connectivity index (χ1) is 12.1. The van der Waals surface area contributed by atoms with Crippen LogP contribution in [0, 0.1) is 5.82 Å². The Balaban J connectivity index is 1.67. The number of hydrogen-bond acceptors (Lipinski definition) is 3. The van der Waals surface area contributed by atoms with Gasteiger partial charge in [0.2, 0.25) is 0 Å². The maximum absolute atomic E-state index is 13.8. The predicted molar refractivity (Wildman–Crippen MR) is 96.3 cm³/mol. The van der Waals surface area contributed by atoms with Crippen molar-refractivity contribution in [2.75, 3.05) is 11.9 Å². The lowest BCUT2D eigenvalue weighted by Gasteiger charge is -2.17. The number of thiophene rings is 1. The van der Waals surface area contributed by atoms with Gasteiger partial charge in [-0.15, -0.1) is 11.3 Å². The van der Waals surface area contributed by atoms with Crippen LogP contribution in [0.25, 0.3) is 0 Å². The lowest BCUT2D eigenvalue weighted by atomic mass is 10.3. The van der Waals surface area contributed by atoms with Crippen molar-refractivity contribution >= 4 is 34.5 Å². The maximum Gasteiger partial charge on any atom is 0.279 e. The molecule has 0 aliphatic carbocycles. The van der Waals surface area contributed by atoms with E-state index in [0.717, 1.165) is 10.7 Å². The molecule has 3 aromatic rings. The minimum absolute atomic E-state index is 0.0889. The number of carbonyl (C=O) groups is 1. The van der Waals surface area contributed by atoms with Crippen molar-refractivity contribution in [2.45, 2.75) is 13.1 Å². The molecule has 0 saturated carbocycles. The number of nitrogens with one attached hydrogen (secondary N) is 2. The van der Waals surface area contributed by atoms with Gasteiger partial charge in [-0.25, -0.2) is 4.39 Å². The Labute approximate surface area is 153 Å². The van der Waals surface area contributed by atoms with Gasteiger partial charge in [0.1, 0.15) is 18.9 Å². The molecule has 2 N–H and O–H groups in total. The Kier molecular flexibility index (Phi) is 5.86. The third kappa shape index (κ3) is 5.16. The van der Waals surface area contributed by atoms with E-state index in [1.165, 1.54) is 23.1 Å². The van der Waals surface area contributed by atoms with Crippen molar-refractivity contribution in [3.8, 4) is 0 Å². The SMILES string of the molecule is O=C(C[NH+](Cc1ccco1)Cc1cccs1)Nc1cc(Cl)ccc1F. The van der Waals surface area contributed by atoms with Crippen LogP contribution < -0.4 is 10.2 Å². The van der Waals surface area contributed by atoms with E-state index in [9.17, 15) is 9.18 Å². The summed E-state index contributed by atoms with van der Waals surface area (Å²) in [7, 11) is 0. The number of carbonyl (C=O) groups excluding carboxylic acids is 1. The number of anilines is 1. The summed E-state index contributed by atoms with van der Waals surface area (Å²) >= 11 is 7.50. The van der Waals surface area contributed by atoms with E-state index < -0.39 is 5.82 Å². The standard InChI is InChI=1S/C18H16ClFN2O2S/c19-13-5-6-16(20)17(9-13)21-18(23)12-22(10-14-3-1-7-24-14)11-15-4-2-8-25-15/h1-9H,10-12H2,(H,21,23)/p+1. The van der Waals surface area contributed by atoms with Crippen LogP contribution in [-0.2, 0) is 17.9 Å². The molecule has 2 aromatic heterocycles. The van der Waals surface area contributed by atoms with Crippen molar-refractivity contribution in [1.29, 1.82) is 0 Å². The summed E-state index contributed by atoms with van der Waals surface area (Å²) in [6, 6.07) is 11.8. The van der Waals surface area contributed by atoms with Crippen molar-refractivity contribution in [3.63, 3.8) is 0 Å². The van der Waals surface area contributed by atoms with E-state index >= 15 is 0 Å². The summed E-state index contributed by atoms with van der Waals surface area (Å²) in [6.45, 7) is 1.44. The van der Waals surface area contributed by atoms with E-state index in [2.05, 4.69) is 5.32 Å². The Morgan fingerprint density at radius 3 is 2.84 bits per heavy atom. The van der Waals surface area contributed by atoms with Crippen molar-refractivity contribution in [2.24, 2.45) is 0 Å². The second kappa shape index (κ2) is 8.29. The molecule has 0 saturated heterocycles. The second-order valence-corrected chi connectivity index (χ2v) is 7.08. The van der Waals surface area contributed by atoms with Crippen LogP contribution in [-0.4, -0.2) is 12.5 Å². The smallest absolute Gasteiger partial charge is 0.279 e. The summed E-state index contributed by atoms with van der Waals surface area (Å²) in [5, 5.41) is 4.97. The molecule has 130 valence electrons. The molecule has 3 rings (SSSR count). The first-order valence-corrected chi connectivity index (χ1v) is 8.99. The van der Waals surface area contributed by atoms with Gasteiger partial charge in [0.25, 0.3) is 5.91 Å². The van der Waals surface area contributed by atoms with Crippen LogP contribution in [0.5, 0.6) is 0 Å². The third-order valence-corrected chi connectivity index (χ3v) is 4.73. The van der Waals surface area contributed by atoms with Crippen molar-refractivity contribution < 1.29 is 18.5 Å². The number of furan rings is 1. The molecule has 7 heteroatoms. The average Bonchev–Trinajstić information content (AvgIpc) is 3.25. The van der Waals surface area contributed by atoms with Crippen molar-refractivity contribution in [1.82, 2.24) is 0 Å². The number of quaternary nitrogens is 1. The highest BCUT2D eigenvalue weighted by molar-refractivity contribution is 7.09. The normalized spacial score (nSPS) is 12.1. The summed E-state index contributed by atoms with van der Waals surface area (Å²) in [5.41, 5.74) is 0.0889. The lowest BCUT2D eigenvalue weighted by Crippen LogP contribution is -3.10. The molecular formula is C18H17ClFN2O2S+. The van der Waals surface area contributed by atoms with Gasteiger partial charge in [0.05, 0.1) is 16.8 Å². The van der Waals surface area contributed by atoms with Gasteiger partial charge >= 0.3 is 0 Å². The summed E-state index contributed by atoms with van der Waals surface area (Å²) < 4.78 is 19.2. The molecule has 0 radical (unpaired) electrons. The molecule has 25 heavy (non-hydrogen) atoms.